The predicted molar refractivity (Wildman–Crippen MR) is 57.5 cm³/mol. The van der Waals surface area contributed by atoms with Gasteiger partial charge in [-0.2, -0.15) is 4.98 Å². The first-order chi connectivity index (χ1) is 7.29. The van der Waals surface area contributed by atoms with Gasteiger partial charge in [-0.3, -0.25) is 0 Å². The third kappa shape index (κ3) is 2.34. The Bertz CT molecular complexity index is 455. The summed E-state index contributed by atoms with van der Waals surface area (Å²) in [5.41, 5.74) is 6.21. The maximum absolute atomic E-state index is 5.85. The van der Waals surface area contributed by atoms with Gasteiger partial charge in [0, 0.05) is 17.0 Å². The molecule has 0 aliphatic heterocycles. The molecular weight excluding hydrogens is 214 g/mol. The molecule has 1 aromatic heterocycles. The average Bonchev–Trinajstić information content (AvgIpc) is 2.67. The molecular formula is C10H10ClN3O. The van der Waals surface area contributed by atoms with Crippen LogP contribution in [0.3, 0.4) is 0 Å². The van der Waals surface area contributed by atoms with Gasteiger partial charge in [0.1, 0.15) is 0 Å². The molecule has 0 fully saturated rings. The van der Waals surface area contributed by atoms with E-state index in [9.17, 15) is 0 Å². The topological polar surface area (TPSA) is 64.9 Å². The normalized spacial score (nSPS) is 10.5. The lowest BCUT2D eigenvalue weighted by molar-refractivity contribution is 0.422. The van der Waals surface area contributed by atoms with E-state index in [4.69, 9.17) is 21.9 Å². The summed E-state index contributed by atoms with van der Waals surface area (Å²) in [6.45, 7) is 0.508. The first kappa shape index (κ1) is 10.1. The molecule has 15 heavy (non-hydrogen) atoms. The van der Waals surface area contributed by atoms with Crippen LogP contribution >= 0.6 is 11.6 Å². The molecule has 0 atom stereocenters. The van der Waals surface area contributed by atoms with Crippen LogP contribution < -0.4 is 5.73 Å². The molecule has 0 radical (unpaired) electrons. The van der Waals surface area contributed by atoms with Gasteiger partial charge >= 0.3 is 0 Å². The molecule has 4 nitrogen and oxygen atoms in total. The van der Waals surface area contributed by atoms with Crippen LogP contribution in [-0.2, 0) is 6.42 Å². The Morgan fingerprint density at radius 3 is 3.00 bits per heavy atom. The van der Waals surface area contributed by atoms with E-state index in [1.807, 2.05) is 12.1 Å². The fraction of sp³-hybridized carbons (Fsp3) is 0.200. The van der Waals surface area contributed by atoms with Gasteiger partial charge < -0.3 is 10.3 Å². The molecule has 5 heteroatoms. The molecule has 1 aromatic carbocycles. The van der Waals surface area contributed by atoms with Crippen LogP contribution in [0.1, 0.15) is 5.82 Å². The fourth-order valence-electron chi connectivity index (χ4n) is 1.22. The van der Waals surface area contributed by atoms with Crippen LogP contribution in [0, 0.1) is 0 Å². The lowest BCUT2D eigenvalue weighted by Crippen LogP contribution is -2.03. The maximum Gasteiger partial charge on any atom is 0.257 e. The molecule has 0 bridgehead atoms. The molecule has 0 amide bonds. The van der Waals surface area contributed by atoms with Crippen LogP contribution in [0.2, 0.25) is 5.02 Å². The van der Waals surface area contributed by atoms with E-state index in [2.05, 4.69) is 10.1 Å². The van der Waals surface area contributed by atoms with E-state index in [-0.39, 0.29) is 0 Å². The molecule has 2 rings (SSSR count). The second-order valence-electron chi connectivity index (χ2n) is 3.06. The summed E-state index contributed by atoms with van der Waals surface area (Å²) >= 11 is 5.85. The van der Waals surface area contributed by atoms with Crippen molar-refractivity contribution in [2.24, 2.45) is 5.73 Å². The minimum atomic E-state index is 0.473. The highest BCUT2D eigenvalue weighted by Crippen LogP contribution is 2.20. The smallest absolute Gasteiger partial charge is 0.257 e. The van der Waals surface area contributed by atoms with Crippen molar-refractivity contribution in [3.63, 3.8) is 0 Å². The van der Waals surface area contributed by atoms with Gasteiger partial charge in [0.05, 0.1) is 0 Å². The lowest BCUT2D eigenvalue weighted by atomic mass is 10.2. The summed E-state index contributed by atoms with van der Waals surface area (Å²) < 4.78 is 5.08. The van der Waals surface area contributed by atoms with Crippen molar-refractivity contribution in [3.8, 4) is 11.5 Å². The first-order valence-corrected chi connectivity index (χ1v) is 4.96. The van der Waals surface area contributed by atoms with Gasteiger partial charge in [0.25, 0.3) is 5.89 Å². The SMILES string of the molecule is NCCc1noc(-c2cccc(Cl)c2)n1. The highest BCUT2D eigenvalue weighted by molar-refractivity contribution is 6.30. The quantitative estimate of drug-likeness (QED) is 0.863. The molecule has 0 aliphatic rings. The predicted octanol–water partition coefficient (Wildman–Crippen LogP) is 1.89. The fourth-order valence-corrected chi connectivity index (χ4v) is 1.41. The Balaban J connectivity index is 2.29. The maximum atomic E-state index is 5.85. The molecule has 2 N–H and O–H groups in total. The molecule has 0 unspecified atom stereocenters. The van der Waals surface area contributed by atoms with Gasteiger partial charge in [-0.15, -0.1) is 0 Å². The Kier molecular flexibility index (Phi) is 2.99. The molecule has 78 valence electrons. The number of halogens is 1. The van der Waals surface area contributed by atoms with Gasteiger partial charge in [0.2, 0.25) is 0 Å². The molecule has 2 aromatic rings. The molecule has 1 heterocycles. The van der Waals surface area contributed by atoms with Crippen molar-refractivity contribution in [1.82, 2.24) is 10.1 Å². The van der Waals surface area contributed by atoms with Gasteiger partial charge in [0.15, 0.2) is 5.82 Å². The van der Waals surface area contributed by atoms with Gasteiger partial charge in [-0.25, -0.2) is 0 Å². The van der Waals surface area contributed by atoms with E-state index in [0.717, 1.165) is 5.56 Å². The van der Waals surface area contributed by atoms with Crippen LogP contribution in [0.5, 0.6) is 0 Å². The minimum absolute atomic E-state index is 0.473. The zero-order chi connectivity index (χ0) is 10.7. The van der Waals surface area contributed by atoms with Crippen molar-refractivity contribution in [2.75, 3.05) is 6.54 Å². The Hall–Kier alpha value is -1.39. The second kappa shape index (κ2) is 4.42. The highest BCUT2D eigenvalue weighted by atomic mass is 35.5. The Morgan fingerprint density at radius 2 is 2.27 bits per heavy atom. The Labute approximate surface area is 92.0 Å². The third-order valence-electron chi connectivity index (χ3n) is 1.91. The van der Waals surface area contributed by atoms with Gasteiger partial charge in [-0.05, 0) is 24.7 Å². The summed E-state index contributed by atoms with van der Waals surface area (Å²) in [5, 5.41) is 4.45. The number of nitrogens with zero attached hydrogens (tertiary/aromatic N) is 2. The van der Waals surface area contributed by atoms with Crippen molar-refractivity contribution in [3.05, 3.63) is 35.1 Å². The summed E-state index contributed by atoms with van der Waals surface area (Å²) in [4.78, 5) is 4.19. The standard InChI is InChI=1S/C10H10ClN3O/c11-8-3-1-2-7(6-8)10-13-9(4-5-12)14-15-10/h1-3,6H,4-5,12H2. The van der Waals surface area contributed by atoms with E-state index in [0.29, 0.717) is 29.7 Å². The number of rotatable bonds is 3. The first-order valence-electron chi connectivity index (χ1n) is 4.58. The van der Waals surface area contributed by atoms with Crippen LogP contribution in [-0.4, -0.2) is 16.7 Å². The molecule has 0 spiro atoms. The summed E-state index contributed by atoms with van der Waals surface area (Å²) in [6, 6.07) is 7.28. The van der Waals surface area contributed by atoms with E-state index in [1.165, 1.54) is 0 Å². The Morgan fingerprint density at radius 1 is 1.40 bits per heavy atom. The number of benzene rings is 1. The molecule has 0 saturated carbocycles. The summed E-state index contributed by atoms with van der Waals surface area (Å²) in [7, 11) is 0. The zero-order valence-corrected chi connectivity index (χ0v) is 8.74. The van der Waals surface area contributed by atoms with Crippen molar-refractivity contribution in [1.29, 1.82) is 0 Å². The number of nitrogens with two attached hydrogens (primary N) is 1. The number of hydrogen-bond donors (Lipinski definition) is 1. The minimum Gasteiger partial charge on any atom is -0.334 e. The van der Waals surface area contributed by atoms with Crippen molar-refractivity contribution in [2.45, 2.75) is 6.42 Å². The monoisotopic (exact) mass is 223 g/mol. The van der Waals surface area contributed by atoms with Crippen LogP contribution in [0.25, 0.3) is 11.5 Å². The van der Waals surface area contributed by atoms with Crippen molar-refractivity contribution >= 4 is 11.6 Å². The lowest BCUT2D eigenvalue weighted by Gasteiger charge is -1.93. The number of aromatic nitrogens is 2. The molecule has 0 saturated heterocycles. The summed E-state index contributed by atoms with van der Waals surface area (Å²) in [6.07, 6.45) is 0.615. The zero-order valence-electron chi connectivity index (χ0n) is 7.98. The third-order valence-corrected chi connectivity index (χ3v) is 2.14. The average molecular weight is 224 g/mol. The van der Waals surface area contributed by atoms with E-state index < -0.39 is 0 Å². The van der Waals surface area contributed by atoms with Gasteiger partial charge in [-0.1, -0.05) is 22.8 Å². The van der Waals surface area contributed by atoms with Crippen molar-refractivity contribution < 1.29 is 4.52 Å². The summed E-state index contributed by atoms with van der Waals surface area (Å²) in [5.74, 6) is 1.09. The second-order valence-corrected chi connectivity index (χ2v) is 3.50. The molecule has 0 aliphatic carbocycles. The largest absolute Gasteiger partial charge is 0.334 e. The number of hydrogen-bond acceptors (Lipinski definition) is 4. The van der Waals surface area contributed by atoms with E-state index in [1.54, 1.807) is 12.1 Å². The van der Waals surface area contributed by atoms with E-state index >= 15 is 0 Å². The van der Waals surface area contributed by atoms with Crippen LogP contribution in [0.4, 0.5) is 0 Å². The highest BCUT2D eigenvalue weighted by Gasteiger charge is 2.07. The van der Waals surface area contributed by atoms with Crippen LogP contribution in [0.15, 0.2) is 28.8 Å².